The number of nitrogens with zero attached hydrogens (tertiary/aromatic N) is 3. The van der Waals surface area contributed by atoms with Crippen LogP contribution in [0.15, 0.2) is 41.6 Å². The lowest BCUT2D eigenvalue weighted by Crippen LogP contribution is -2.07. The van der Waals surface area contributed by atoms with Crippen LogP contribution in [0.1, 0.15) is 36.4 Å². The van der Waals surface area contributed by atoms with Crippen molar-refractivity contribution in [2.45, 2.75) is 36.6 Å². The van der Waals surface area contributed by atoms with Gasteiger partial charge in [-0.1, -0.05) is 29.4 Å². The van der Waals surface area contributed by atoms with E-state index in [0.717, 1.165) is 45.3 Å². The predicted octanol–water partition coefficient (Wildman–Crippen LogP) is 5.11. The molecule has 0 atom stereocenters. The zero-order valence-electron chi connectivity index (χ0n) is 14.1. The van der Waals surface area contributed by atoms with Crippen molar-refractivity contribution in [1.82, 2.24) is 14.8 Å². The molecule has 0 aliphatic heterocycles. The van der Waals surface area contributed by atoms with Crippen molar-refractivity contribution in [2.24, 2.45) is 0 Å². The van der Waals surface area contributed by atoms with Crippen molar-refractivity contribution in [3.05, 3.63) is 51.4 Å². The molecule has 0 saturated heterocycles. The van der Waals surface area contributed by atoms with Gasteiger partial charge >= 0.3 is 0 Å². The van der Waals surface area contributed by atoms with E-state index in [-0.39, 0.29) is 5.91 Å². The highest BCUT2D eigenvalue weighted by Crippen LogP contribution is 2.41. The average Bonchev–Trinajstić information content (AvgIpc) is 3.23. The van der Waals surface area contributed by atoms with Crippen LogP contribution in [0.2, 0.25) is 4.34 Å². The highest BCUT2D eigenvalue weighted by Gasteiger charge is 2.31. The van der Waals surface area contributed by atoms with Crippen LogP contribution < -0.4 is 5.32 Å². The molecule has 0 bridgehead atoms. The summed E-state index contributed by atoms with van der Waals surface area (Å²) in [5.41, 5.74) is 1.74. The third-order valence-electron chi connectivity index (χ3n) is 4.00. The van der Waals surface area contributed by atoms with Gasteiger partial charge in [-0.2, -0.15) is 0 Å². The van der Waals surface area contributed by atoms with Gasteiger partial charge in [-0.05, 0) is 43.2 Å². The zero-order chi connectivity index (χ0) is 18.1. The summed E-state index contributed by atoms with van der Waals surface area (Å²) in [6.45, 7) is 1.51. The smallest absolute Gasteiger partial charge is 0.221 e. The van der Waals surface area contributed by atoms with Crippen LogP contribution in [0.25, 0.3) is 5.69 Å². The Hall–Kier alpha value is -1.83. The largest absolute Gasteiger partial charge is 0.326 e. The molecule has 1 aliphatic carbocycles. The standard InChI is InChI=1S/C18H17ClN4OS2/c1-11(24)20-13-3-2-4-14(9-13)23-17(12-5-6-12)21-22-18(23)25-10-15-7-8-16(19)26-15/h2-4,7-9,12H,5-6,10H2,1H3,(H,20,24). The van der Waals surface area contributed by atoms with E-state index in [2.05, 4.69) is 20.1 Å². The van der Waals surface area contributed by atoms with Gasteiger partial charge in [0.05, 0.1) is 10.0 Å². The van der Waals surface area contributed by atoms with E-state index in [1.165, 1.54) is 11.8 Å². The fraction of sp³-hybridized carbons (Fsp3) is 0.278. The summed E-state index contributed by atoms with van der Waals surface area (Å²) in [6.07, 6.45) is 2.30. The van der Waals surface area contributed by atoms with Crippen molar-refractivity contribution in [3.8, 4) is 5.69 Å². The third-order valence-corrected chi connectivity index (χ3v) is 6.39. The van der Waals surface area contributed by atoms with E-state index in [0.29, 0.717) is 5.92 Å². The van der Waals surface area contributed by atoms with E-state index in [9.17, 15) is 4.79 Å². The van der Waals surface area contributed by atoms with E-state index < -0.39 is 0 Å². The summed E-state index contributed by atoms with van der Waals surface area (Å²) < 4.78 is 2.91. The molecule has 8 heteroatoms. The normalized spacial score (nSPS) is 13.8. The number of anilines is 1. The first-order valence-corrected chi connectivity index (χ1v) is 10.5. The molecule has 0 unspecified atom stereocenters. The summed E-state index contributed by atoms with van der Waals surface area (Å²) >= 11 is 9.25. The number of thioether (sulfide) groups is 1. The molecule has 134 valence electrons. The molecule has 1 fully saturated rings. The summed E-state index contributed by atoms with van der Waals surface area (Å²) in [7, 11) is 0. The molecule has 0 spiro atoms. The Balaban J connectivity index is 1.65. The molecule has 3 aromatic rings. The number of thiophene rings is 1. The topological polar surface area (TPSA) is 59.8 Å². The molecule has 26 heavy (non-hydrogen) atoms. The first-order valence-electron chi connectivity index (χ1n) is 8.30. The number of halogens is 1. The molecule has 1 N–H and O–H groups in total. The minimum absolute atomic E-state index is 0.0857. The lowest BCUT2D eigenvalue weighted by Gasteiger charge is -2.11. The van der Waals surface area contributed by atoms with E-state index >= 15 is 0 Å². The van der Waals surface area contributed by atoms with Crippen LogP contribution in [0, 0.1) is 0 Å². The molecule has 1 saturated carbocycles. The first kappa shape index (κ1) is 17.6. The number of carbonyl (C=O) groups is 1. The SMILES string of the molecule is CC(=O)Nc1cccc(-n2c(SCc3ccc(Cl)s3)nnc2C2CC2)c1. The first-order chi connectivity index (χ1) is 12.6. The molecule has 1 aromatic carbocycles. The fourth-order valence-corrected chi connectivity index (χ4v) is 4.80. The molecule has 0 radical (unpaired) electrons. The number of nitrogens with one attached hydrogen (secondary N) is 1. The van der Waals surface area contributed by atoms with Crippen molar-refractivity contribution < 1.29 is 4.79 Å². The maximum Gasteiger partial charge on any atom is 0.221 e. The van der Waals surface area contributed by atoms with Gasteiger partial charge in [-0.25, -0.2) is 0 Å². The summed E-state index contributed by atoms with van der Waals surface area (Å²) in [5.74, 6) is 2.18. The number of benzene rings is 1. The van der Waals surface area contributed by atoms with Gasteiger partial charge in [0.2, 0.25) is 5.91 Å². The maximum absolute atomic E-state index is 11.4. The van der Waals surface area contributed by atoms with Crippen LogP contribution in [0.5, 0.6) is 0 Å². The summed E-state index contributed by atoms with van der Waals surface area (Å²) in [6, 6.07) is 11.8. The van der Waals surface area contributed by atoms with Gasteiger partial charge in [0.25, 0.3) is 0 Å². The van der Waals surface area contributed by atoms with E-state index in [1.807, 2.05) is 36.4 Å². The maximum atomic E-state index is 11.4. The Kier molecular flexibility index (Phi) is 5.02. The molecule has 2 heterocycles. The van der Waals surface area contributed by atoms with Crippen molar-refractivity contribution in [1.29, 1.82) is 0 Å². The van der Waals surface area contributed by atoms with Gasteiger partial charge in [0.15, 0.2) is 5.16 Å². The quantitative estimate of drug-likeness (QED) is 0.580. The number of rotatable bonds is 6. The van der Waals surface area contributed by atoms with Crippen molar-refractivity contribution in [3.63, 3.8) is 0 Å². The number of amides is 1. The third kappa shape index (κ3) is 3.95. The number of hydrogen-bond donors (Lipinski definition) is 1. The minimum Gasteiger partial charge on any atom is -0.326 e. The van der Waals surface area contributed by atoms with Crippen LogP contribution >= 0.6 is 34.7 Å². The molecule has 4 rings (SSSR count). The summed E-state index contributed by atoms with van der Waals surface area (Å²) in [4.78, 5) is 12.6. The van der Waals surface area contributed by atoms with Crippen molar-refractivity contribution >= 4 is 46.3 Å². The van der Waals surface area contributed by atoms with Gasteiger partial charge in [-0.3, -0.25) is 9.36 Å². The molecule has 2 aromatic heterocycles. The monoisotopic (exact) mass is 404 g/mol. The van der Waals surface area contributed by atoms with Gasteiger partial charge in [-0.15, -0.1) is 21.5 Å². The Morgan fingerprint density at radius 1 is 1.35 bits per heavy atom. The number of carbonyl (C=O) groups excluding carboxylic acids is 1. The van der Waals surface area contributed by atoms with E-state index in [1.54, 1.807) is 23.1 Å². The molecular formula is C18H17ClN4OS2. The van der Waals surface area contributed by atoms with Gasteiger partial charge in [0.1, 0.15) is 5.82 Å². The predicted molar refractivity (Wildman–Crippen MR) is 107 cm³/mol. The molecule has 1 aliphatic rings. The number of aromatic nitrogens is 3. The second-order valence-corrected chi connectivity index (χ2v) is 8.92. The van der Waals surface area contributed by atoms with Crippen molar-refractivity contribution in [2.75, 3.05) is 5.32 Å². The second kappa shape index (κ2) is 7.42. The molecular weight excluding hydrogens is 388 g/mol. The minimum atomic E-state index is -0.0857. The highest BCUT2D eigenvalue weighted by atomic mass is 35.5. The Labute approximate surface area is 164 Å². The zero-order valence-corrected chi connectivity index (χ0v) is 16.5. The van der Waals surface area contributed by atoms with E-state index in [4.69, 9.17) is 11.6 Å². The Morgan fingerprint density at radius 3 is 2.88 bits per heavy atom. The second-order valence-electron chi connectivity index (χ2n) is 6.18. The lowest BCUT2D eigenvalue weighted by molar-refractivity contribution is -0.114. The fourth-order valence-electron chi connectivity index (χ4n) is 2.71. The Morgan fingerprint density at radius 2 is 2.19 bits per heavy atom. The lowest BCUT2D eigenvalue weighted by atomic mass is 10.2. The van der Waals surface area contributed by atoms with Crippen LogP contribution in [0.3, 0.4) is 0 Å². The van der Waals surface area contributed by atoms with Crippen LogP contribution in [-0.2, 0) is 10.5 Å². The van der Waals surface area contributed by atoms with Gasteiger partial charge in [0, 0.05) is 29.2 Å². The van der Waals surface area contributed by atoms with Gasteiger partial charge < -0.3 is 5.32 Å². The average molecular weight is 405 g/mol. The molecule has 5 nitrogen and oxygen atoms in total. The number of hydrogen-bond acceptors (Lipinski definition) is 5. The summed E-state index contributed by atoms with van der Waals surface area (Å²) in [5, 5.41) is 12.6. The van der Waals surface area contributed by atoms with Crippen LogP contribution in [0.4, 0.5) is 5.69 Å². The van der Waals surface area contributed by atoms with Crippen LogP contribution in [-0.4, -0.2) is 20.7 Å². The highest BCUT2D eigenvalue weighted by molar-refractivity contribution is 7.98. The Bertz CT molecular complexity index is 948. The molecule has 1 amide bonds.